The Morgan fingerprint density at radius 1 is 1.10 bits per heavy atom. The maximum atomic E-state index is 12.6. The largest absolute Gasteiger partial charge is 0.496 e. The summed E-state index contributed by atoms with van der Waals surface area (Å²) in [6.45, 7) is 4.45. The molecule has 2 unspecified atom stereocenters. The number of nitrogens with one attached hydrogen (secondary N) is 1. The number of methoxy groups -OCH3 is 1. The first kappa shape index (κ1) is 22.9. The highest BCUT2D eigenvalue weighted by molar-refractivity contribution is 6.30. The van der Waals surface area contributed by atoms with Crippen molar-refractivity contribution in [2.24, 2.45) is 0 Å². The van der Waals surface area contributed by atoms with Crippen molar-refractivity contribution in [2.45, 2.75) is 51.7 Å². The number of likely N-dealkylation sites (tertiary alicyclic amines) is 1. The second-order valence-electron chi connectivity index (χ2n) is 7.88. The van der Waals surface area contributed by atoms with Crippen molar-refractivity contribution in [2.75, 3.05) is 13.7 Å². The zero-order valence-corrected chi connectivity index (χ0v) is 18.9. The van der Waals surface area contributed by atoms with Crippen LogP contribution in [0.2, 0.25) is 5.02 Å². The molecule has 1 N–H and O–H groups in total. The van der Waals surface area contributed by atoms with E-state index in [2.05, 4.69) is 19.2 Å². The molecule has 3 rings (SSSR count). The molecule has 2 aromatic carbocycles. The van der Waals surface area contributed by atoms with E-state index in [0.29, 0.717) is 28.6 Å². The van der Waals surface area contributed by atoms with Crippen LogP contribution in [0, 0.1) is 0 Å². The van der Waals surface area contributed by atoms with Gasteiger partial charge in [0.05, 0.1) is 7.11 Å². The molecule has 0 aliphatic carbocycles. The highest BCUT2D eigenvalue weighted by Crippen LogP contribution is 2.24. The minimum atomic E-state index is -0.222. The number of carbonyl (C=O) groups is 2. The van der Waals surface area contributed by atoms with E-state index in [0.717, 1.165) is 24.8 Å². The van der Waals surface area contributed by atoms with Crippen LogP contribution in [0.5, 0.6) is 11.5 Å². The maximum Gasteiger partial charge on any atom is 0.260 e. The number of carbonyl (C=O) groups excluding carboxylic acids is 2. The molecule has 2 amide bonds. The van der Waals surface area contributed by atoms with Crippen molar-refractivity contribution in [3.05, 3.63) is 58.6 Å². The Morgan fingerprint density at radius 2 is 1.77 bits per heavy atom. The van der Waals surface area contributed by atoms with Gasteiger partial charge in [0, 0.05) is 34.8 Å². The molecule has 7 heteroatoms. The molecular weight excluding hydrogens is 416 g/mol. The second-order valence-corrected chi connectivity index (χ2v) is 8.32. The van der Waals surface area contributed by atoms with Crippen LogP contribution in [0.25, 0.3) is 0 Å². The van der Waals surface area contributed by atoms with Gasteiger partial charge < -0.3 is 19.7 Å². The third kappa shape index (κ3) is 5.91. The van der Waals surface area contributed by atoms with Crippen molar-refractivity contribution < 1.29 is 19.1 Å². The molecule has 1 heterocycles. The number of benzene rings is 2. The number of piperidine rings is 1. The number of ether oxygens (including phenoxy) is 2. The molecule has 31 heavy (non-hydrogen) atoms. The van der Waals surface area contributed by atoms with Gasteiger partial charge in [0.25, 0.3) is 11.8 Å². The fourth-order valence-electron chi connectivity index (χ4n) is 4.00. The van der Waals surface area contributed by atoms with Crippen molar-refractivity contribution in [1.29, 1.82) is 0 Å². The van der Waals surface area contributed by atoms with Crippen molar-refractivity contribution in [3.63, 3.8) is 0 Å². The standard InChI is InChI=1S/C24H29ClN2O4/c1-16-5-4-6-17(2)27(16)23(28)15-31-21-10-7-18(8-11-21)24(29)26-14-19-13-20(25)9-12-22(19)30-3/h7-13,16-17H,4-6,14-15H2,1-3H3,(H,26,29). The van der Waals surface area contributed by atoms with Crippen LogP contribution < -0.4 is 14.8 Å². The predicted molar refractivity (Wildman–Crippen MR) is 121 cm³/mol. The van der Waals surface area contributed by atoms with Gasteiger partial charge in [0.15, 0.2) is 6.61 Å². The summed E-state index contributed by atoms with van der Waals surface area (Å²) in [4.78, 5) is 27.0. The highest BCUT2D eigenvalue weighted by Gasteiger charge is 2.28. The maximum absolute atomic E-state index is 12.6. The van der Waals surface area contributed by atoms with Gasteiger partial charge in [-0.05, 0) is 75.6 Å². The van der Waals surface area contributed by atoms with Gasteiger partial charge >= 0.3 is 0 Å². The van der Waals surface area contributed by atoms with Crippen molar-refractivity contribution in [3.8, 4) is 11.5 Å². The summed E-state index contributed by atoms with van der Waals surface area (Å²) in [6.07, 6.45) is 3.21. The zero-order chi connectivity index (χ0) is 22.4. The van der Waals surface area contributed by atoms with E-state index in [1.54, 1.807) is 49.6 Å². The highest BCUT2D eigenvalue weighted by atomic mass is 35.5. The molecule has 1 aliphatic rings. The van der Waals surface area contributed by atoms with Crippen molar-refractivity contribution in [1.82, 2.24) is 10.2 Å². The molecule has 1 fully saturated rings. The summed E-state index contributed by atoms with van der Waals surface area (Å²) in [5, 5.41) is 3.44. The molecule has 2 atom stereocenters. The lowest BCUT2D eigenvalue weighted by Crippen LogP contribution is -2.49. The van der Waals surface area contributed by atoms with Gasteiger partial charge in [-0.3, -0.25) is 9.59 Å². The monoisotopic (exact) mass is 444 g/mol. The summed E-state index contributed by atoms with van der Waals surface area (Å²) in [5.74, 6) is 0.992. The van der Waals surface area contributed by atoms with E-state index in [1.165, 1.54) is 0 Å². The number of nitrogens with zero attached hydrogens (tertiary/aromatic N) is 1. The Balaban J connectivity index is 1.53. The average Bonchev–Trinajstić information content (AvgIpc) is 2.76. The average molecular weight is 445 g/mol. The Morgan fingerprint density at radius 3 is 2.42 bits per heavy atom. The van der Waals surface area contributed by atoms with Gasteiger partial charge in [-0.1, -0.05) is 11.6 Å². The first-order valence-corrected chi connectivity index (χ1v) is 10.9. The molecule has 0 radical (unpaired) electrons. The van der Waals surface area contributed by atoms with Gasteiger partial charge in [0.1, 0.15) is 11.5 Å². The van der Waals surface area contributed by atoms with E-state index in [-0.39, 0.29) is 30.5 Å². The lowest BCUT2D eigenvalue weighted by atomic mass is 9.97. The molecule has 1 aliphatic heterocycles. The Hall–Kier alpha value is -2.73. The molecular formula is C24H29ClN2O4. The molecule has 0 saturated carbocycles. The number of halogens is 1. The molecule has 0 bridgehead atoms. The lowest BCUT2D eigenvalue weighted by molar-refractivity contribution is -0.139. The van der Waals surface area contributed by atoms with Crippen LogP contribution in [-0.2, 0) is 11.3 Å². The second kappa shape index (κ2) is 10.5. The van der Waals surface area contributed by atoms with Crippen LogP contribution in [-0.4, -0.2) is 42.5 Å². The summed E-state index contributed by atoms with van der Waals surface area (Å²) in [6, 6.07) is 12.5. The number of hydrogen-bond donors (Lipinski definition) is 1. The molecule has 2 aromatic rings. The molecule has 1 saturated heterocycles. The molecule has 0 aromatic heterocycles. The van der Waals surface area contributed by atoms with Crippen LogP contribution in [0.1, 0.15) is 49.0 Å². The fraction of sp³-hybridized carbons (Fsp3) is 0.417. The zero-order valence-electron chi connectivity index (χ0n) is 18.2. The summed E-state index contributed by atoms with van der Waals surface area (Å²) < 4.78 is 11.0. The van der Waals surface area contributed by atoms with Gasteiger partial charge in [-0.15, -0.1) is 0 Å². The first-order valence-electron chi connectivity index (χ1n) is 10.5. The number of rotatable bonds is 7. The lowest BCUT2D eigenvalue weighted by Gasteiger charge is -2.38. The van der Waals surface area contributed by atoms with E-state index >= 15 is 0 Å². The molecule has 0 spiro atoms. The van der Waals surface area contributed by atoms with Crippen molar-refractivity contribution >= 4 is 23.4 Å². The first-order chi connectivity index (χ1) is 14.9. The topological polar surface area (TPSA) is 67.9 Å². The van der Waals surface area contributed by atoms with Crippen LogP contribution in [0.15, 0.2) is 42.5 Å². The van der Waals surface area contributed by atoms with E-state index in [1.807, 2.05) is 4.90 Å². The smallest absolute Gasteiger partial charge is 0.260 e. The van der Waals surface area contributed by atoms with Gasteiger partial charge in [0.2, 0.25) is 0 Å². The number of hydrogen-bond acceptors (Lipinski definition) is 4. The van der Waals surface area contributed by atoms with Crippen LogP contribution in [0.3, 0.4) is 0 Å². The van der Waals surface area contributed by atoms with E-state index in [4.69, 9.17) is 21.1 Å². The van der Waals surface area contributed by atoms with Gasteiger partial charge in [-0.25, -0.2) is 0 Å². The quantitative estimate of drug-likeness (QED) is 0.685. The Labute approximate surface area is 188 Å². The Kier molecular flexibility index (Phi) is 7.80. The summed E-state index contributed by atoms with van der Waals surface area (Å²) >= 11 is 6.03. The predicted octanol–water partition coefficient (Wildman–Crippen LogP) is 4.45. The SMILES string of the molecule is COc1ccc(Cl)cc1CNC(=O)c1ccc(OCC(=O)N2C(C)CCCC2C)cc1. The minimum absolute atomic E-state index is 0.00279. The summed E-state index contributed by atoms with van der Waals surface area (Å²) in [5.41, 5.74) is 1.29. The third-order valence-electron chi connectivity index (χ3n) is 5.64. The van der Waals surface area contributed by atoms with Crippen LogP contribution >= 0.6 is 11.6 Å². The third-order valence-corrected chi connectivity index (χ3v) is 5.88. The molecule has 166 valence electrons. The minimum Gasteiger partial charge on any atom is -0.496 e. The Bertz CT molecular complexity index is 906. The fourth-order valence-corrected chi connectivity index (χ4v) is 4.19. The summed E-state index contributed by atoms with van der Waals surface area (Å²) in [7, 11) is 1.57. The van der Waals surface area contributed by atoms with Crippen LogP contribution in [0.4, 0.5) is 0 Å². The molecule has 6 nitrogen and oxygen atoms in total. The normalized spacial score (nSPS) is 18.4. The number of amides is 2. The van der Waals surface area contributed by atoms with E-state index < -0.39 is 0 Å². The van der Waals surface area contributed by atoms with E-state index in [9.17, 15) is 9.59 Å². The van der Waals surface area contributed by atoms with Gasteiger partial charge in [-0.2, -0.15) is 0 Å².